The number of amides is 1. The Morgan fingerprint density at radius 3 is 3.00 bits per heavy atom. The number of epoxide rings is 1. The van der Waals surface area contributed by atoms with Gasteiger partial charge in [0, 0.05) is 6.54 Å². The van der Waals surface area contributed by atoms with Crippen molar-refractivity contribution in [1.82, 2.24) is 5.32 Å². The first-order valence-corrected chi connectivity index (χ1v) is 4.25. The highest BCUT2D eigenvalue weighted by molar-refractivity contribution is 5.80. The lowest BCUT2D eigenvalue weighted by Crippen LogP contribution is -2.34. The quantitative estimate of drug-likeness (QED) is 0.592. The van der Waals surface area contributed by atoms with Gasteiger partial charge in [0.05, 0.1) is 13.2 Å². The third-order valence-corrected chi connectivity index (χ3v) is 1.65. The van der Waals surface area contributed by atoms with Gasteiger partial charge in [-0.15, -0.1) is 0 Å². The van der Waals surface area contributed by atoms with E-state index in [4.69, 9.17) is 9.47 Å². The normalized spacial score (nSPS) is 23.3. The average molecular weight is 173 g/mol. The highest BCUT2D eigenvalue weighted by Crippen LogP contribution is 2.09. The summed E-state index contributed by atoms with van der Waals surface area (Å²) >= 11 is 0. The summed E-state index contributed by atoms with van der Waals surface area (Å²) in [6, 6.07) is 0. The molecule has 12 heavy (non-hydrogen) atoms. The van der Waals surface area contributed by atoms with Crippen LogP contribution in [0.15, 0.2) is 0 Å². The zero-order valence-electron chi connectivity index (χ0n) is 7.50. The van der Waals surface area contributed by atoms with E-state index in [0.29, 0.717) is 13.2 Å². The lowest BCUT2D eigenvalue weighted by Gasteiger charge is -2.10. The van der Waals surface area contributed by atoms with Crippen molar-refractivity contribution in [3.63, 3.8) is 0 Å². The molecule has 1 saturated heterocycles. The SMILES string of the molecule is CCNC(=O)C(C)OCC1CO1. The summed E-state index contributed by atoms with van der Waals surface area (Å²) in [5.41, 5.74) is 0. The van der Waals surface area contributed by atoms with Crippen molar-refractivity contribution >= 4 is 5.91 Å². The van der Waals surface area contributed by atoms with E-state index in [0.717, 1.165) is 6.61 Å². The molecule has 0 bridgehead atoms. The number of hydrogen-bond donors (Lipinski definition) is 1. The summed E-state index contributed by atoms with van der Waals surface area (Å²) in [5.74, 6) is -0.0573. The van der Waals surface area contributed by atoms with Crippen LogP contribution in [0.1, 0.15) is 13.8 Å². The van der Waals surface area contributed by atoms with Crippen molar-refractivity contribution in [3.8, 4) is 0 Å². The van der Waals surface area contributed by atoms with Gasteiger partial charge in [-0.05, 0) is 13.8 Å². The molecule has 4 nitrogen and oxygen atoms in total. The summed E-state index contributed by atoms with van der Waals surface area (Å²) in [5, 5.41) is 2.68. The van der Waals surface area contributed by atoms with Gasteiger partial charge in [-0.1, -0.05) is 0 Å². The molecule has 1 fully saturated rings. The standard InChI is InChI=1S/C8H15NO3/c1-3-9-8(10)6(2)11-4-7-5-12-7/h6-7H,3-5H2,1-2H3,(H,9,10). The Kier molecular flexibility index (Phi) is 3.49. The van der Waals surface area contributed by atoms with Crippen LogP contribution >= 0.6 is 0 Å². The predicted molar refractivity (Wildman–Crippen MR) is 43.8 cm³/mol. The van der Waals surface area contributed by atoms with E-state index in [1.165, 1.54) is 0 Å². The summed E-state index contributed by atoms with van der Waals surface area (Å²) < 4.78 is 10.2. The molecule has 0 radical (unpaired) electrons. The summed E-state index contributed by atoms with van der Waals surface area (Å²) in [6.07, 6.45) is -0.143. The molecule has 0 aliphatic carbocycles. The number of rotatable bonds is 5. The highest BCUT2D eigenvalue weighted by Gasteiger charge is 2.24. The number of hydrogen-bond acceptors (Lipinski definition) is 3. The predicted octanol–water partition coefficient (Wildman–Crippen LogP) is -0.0736. The van der Waals surface area contributed by atoms with Crippen LogP contribution in [0.4, 0.5) is 0 Å². The molecule has 0 aromatic heterocycles. The second kappa shape index (κ2) is 4.42. The molecule has 2 unspecified atom stereocenters. The molecule has 1 aliphatic rings. The number of carbonyl (C=O) groups excluding carboxylic acids is 1. The minimum Gasteiger partial charge on any atom is -0.371 e. The van der Waals surface area contributed by atoms with Crippen LogP contribution in [0.25, 0.3) is 0 Å². The van der Waals surface area contributed by atoms with Gasteiger partial charge in [-0.3, -0.25) is 4.79 Å². The van der Waals surface area contributed by atoms with Crippen molar-refractivity contribution in [2.24, 2.45) is 0 Å². The van der Waals surface area contributed by atoms with Gasteiger partial charge in [-0.25, -0.2) is 0 Å². The van der Waals surface area contributed by atoms with Gasteiger partial charge in [0.15, 0.2) is 0 Å². The molecule has 0 aromatic carbocycles. The molecule has 1 amide bonds. The fourth-order valence-corrected chi connectivity index (χ4v) is 0.810. The molecule has 70 valence electrons. The van der Waals surface area contributed by atoms with Crippen LogP contribution < -0.4 is 5.32 Å². The van der Waals surface area contributed by atoms with E-state index in [1.54, 1.807) is 6.92 Å². The maximum atomic E-state index is 11.1. The summed E-state index contributed by atoms with van der Waals surface area (Å²) in [7, 11) is 0. The van der Waals surface area contributed by atoms with Crippen molar-refractivity contribution in [2.45, 2.75) is 26.1 Å². The van der Waals surface area contributed by atoms with E-state index in [9.17, 15) is 4.79 Å². The van der Waals surface area contributed by atoms with Gasteiger partial charge >= 0.3 is 0 Å². The van der Waals surface area contributed by atoms with Crippen molar-refractivity contribution in [1.29, 1.82) is 0 Å². The molecule has 1 heterocycles. The Labute approximate surface area is 72.2 Å². The van der Waals surface area contributed by atoms with Crippen LogP contribution in [0.2, 0.25) is 0 Å². The first-order valence-electron chi connectivity index (χ1n) is 4.25. The molecule has 2 atom stereocenters. The molecule has 4 heteroatoms. The van der Waals surface area contributed by atoms with E-state index < -0.39 is 0 Å². The number of ether oxygens (including phenoxy) is 2. The molecule has 1 rings (SSSR count). The number of carbonyl (C=O) groups is 1. The minimum atomic E-state index is -0.367. The zero-order valence-corrected chi connectivity index (χ0v) is 7.50. The maximum absolute atomic E-state index is 11.1. The summed E-state index contributed by atoms with van der Waals surface area (Å²) in [6.45, 7) is 5.56. The van der Waals surface area contributed by atoms with E-state index in [1.807, 2.05) is 6.92 Å². The minimum absolute atomic E-state index is 0.0573. The average Bonchev–Trinajstić information content (AvgIpc) is 2.83. The molecule has 0 spiro atoms. The maximum Gasteiger partial charge on any atom is 0.248 e. The number of likely N-dealkylation sites (N-methyl/N-ethyl adjacent to an activating group) is 1. The number of nitrogens with one attached hydrogen (secondary N) is 1. The van der Waals surface area contributed by atoms with Gasteiger partial charge in [0.25, 0.3) is 0 Å². The monoisotopic (exact) mass is 173 g/mol. The molecular formula is C8H15NO3. The molecule has 1 N–H and O–H groups in total. The van der Waals surface area contributed by atoms with Gasteiger partial charge < -0.3 is 14.8 Å². The Balaban J connectivity index is 2.07. The Bertz CT molecular complexity index is 156. The Morgan fingerprint density at radius 2 is 2.50 bits per heavy atom. The Morgan fingerprint density at radius 1 is 1.83 bits per heavy atom. The second-order valence-electron chi connectivity index (χ2n) is 2.83. The largest absolute Gasteiger partial charge is 0.371 e. The summed E-state index contributed by atoms with van der Waals surface area (Å²) in [4.78, 5) is 11.1. The van der Waals surface area contributed by atoms with E-state index in [2.05, 4.69) is 5.32 Å². The van der Waals surface area contributed by atoms with Gasteiger partial charge in [0.2, 0.25) is 5.91 Å². The fraction of sp³-hybridized carbons (Fsp3) is 0.875. The molecule has 0 aromatic rings. The van der Waals surface area contributed by atoms with Crippen molar-refractivity contribution in [2.75, 3.05) is 19.8 Å². The molecular weight excluding hydrogens is 158 g/mol. The Hall–Kier alpha value is -0.610. The smallest absolute Gasteiger partial charge is 0.248 e. The zero-order chi connectivity index (χ0) is 8.97. The lowest BCUT2D eigenvalue weighted by atomic mass is 10.3. The van der Waals surface area contributed by atoms with Crippen LogP contribution in [0.3, 0.4) is 0 Å². The lowest BCUT2D eigenvalue weighted by molar-refractivity contribution is -0.131. The molecule has 1 aliphatic heterocycles. The fourth-order valence-electron chi connectivity index (χ4n) is 0.810. The molecule has 0 saturated carbocycles. The van der Waals surface area contributed by atoms with Crippen LogP contribution in [0, 0.1) is 0 Å². The van der Waals surface area contributed by atoms with Crippen LogP contribution in [-0.2, 0) is 14.3 Å². The van der Waals surface area contributed by atoms with E-state index >= 15 is 0 Å². The van der Waals surface area contributed by atoms with Crippen LogP contribution in [-0.4, -0.2) is 37.9 Å². The first-order chi connectivity index (χ1) is 5.74. The first kappa shape index (κ1) is 9.48. The second-order valence-corrected chi connectivity index (χ2v) is 2.83. The van der Waals surface area contributed by atoms with Crippen molar-refractivity contribution < 1.29 is 14.3 Å². The van der Waals surface area contributed by atoms with Crippen LogP contribution in [0.5, 0.6) is 0 Å². The topological polar surface area (TPSA) is 50.9 Å². The highest BCUT2D eigenvalue weighted by atomic mass is 16.6. The van der Waals surface area contributed by atoms with Crippen molar-refractivity contribution in [3.05, 3.63) is 0 Å². The van der Waals surface area contributed by atoms with Gasteiger partial charge in [0.1, 0.15) is 12.2 Å². The third kappa shape index (κ3) is 3.19. The third-order valence-electron chi connectivity index (χ3n) is 1.65. The van der Waals surface area contributed by atoms with Gasteiger partial charge in [-0.2, -0.15) is 0 Å². The van der Waals surface area contributed by atoms with E-state index in [-0.39, 0.29) is 18.1 Å².